The summed E-state index contributed by atoms with van der Waals surface area (Å²) in [6.07, 6.45) is 1.33. The van der Waals surface area contributed by atoms with Crippen LogP contribution in [0.15, 0.2) is 53.1 Å². The molecule has 0 bridgehead atoms. The van der Waals surface area contributed by atoms with Crippen LogP contribution in [0.1, 0.15) is 36.0 Å². The lowest BCUT2D eigenvalue weighted by Gasteiger charge is -2.17. The maximum absolute atomic E-state index is 12.5. The van der Waals surface area contributed by atoms with Gasteiger partial charge in [0.25, 0.3) is 11.8 Å². The SMILES string of the molecule is CC(C)NC(=O)NC(=O)COC(=O)C(NC(=O)c1ccco1)c1ccccc1. The van der Waals surface area contributed by atoms with E-state index in [0.29, 0.717) is 5.56 Å². The van der Waals surface area contributed by atoms with Crippen LogP contribution in [0.3, 0.4) is 0 Å². The molecule has 1 atom stereocenters. The van der Waals surface area contributed by atoms with Gasteiger partial charge in [0.15, 0.2) is 18.4 Å². The molecular formula is C19H21N3O6. The Balaban J connectivity index is 2.00. The van der Waals surface area contributed by atoms with E-state index in [1.165, 1.54) is 18.4 Å². The maximum Gasteiger partial charge on any atom is 0.333 e. The fraction of sp³-hybridized carbons (Fsp3) is 0.263. The topological polar surface area (TPSA) is 127 Å². The van der Waals surface area contributed by atoms with Crippen molar-refractivity contribution in [1.29, 1.82) is 0 Å². The van der Waals surface area contributed by atoms with Gasteiger partial charge in [0, 0.05) is 6.04 Å². The standard InChI is InChI=1S/C19H21N3O6/c1-12(2)20-19(26)21-15(23)11-28-18(25)16(13-7-4-3-5-8-13)22-17(24)14-9-6-10-27-14/h3-10,12,16H,11H2,1-2H3,(H,22,24)(H2,20,21,23,26). The van der Waals surface area contributed by atoms with Crippen molar-refractivity contribution in [2.75, 3.05) is 6.61 Å². The molecule has 9 heteroatoms. The fourth-order valence-electron chi connectivity index (χ4n) is 2.21. The van der Waals surface area contributed by atoms with E-state index < -0.39 is 36.5 Å². The number of hydrogen-bond acceptors (Lipinski definition) is 6. The van der Waals surface area contributed by atoms with Gasteiger partial charge in [0.2, 0.25) is 0 Å². The monoisotopic (exact) mass is 387 g/mol. The van der Waals surface area contributed by atoms with Gasteiger partial charge in [0.1, 0.15) is 0 Å². The molecular weight excluding hydrogens is 366 g/mol. The second-order valence-electron chi connectivity index (χ2n) is 6.08. The molecule has 0 aliphatic carbocycles. The Morgan fingerprint density at radius 1 is 1.00 bits per heavy atom. The number of rotatable bonds is 7. The lowest BCUT2D eigenvalue weighted by atomic mass is 10.1. The molecule has 9 nitrogen and oxygen atoms in total. The van der Waals surface area contributed by atoms with Gasteiger partial charge >= 0.3 is 12.0 Å². The van der Waals surface area contributed by atoms with Crippen LogP contribution in [-0.2, 0) is 14.3 Å². The van der Waals surface area contributed by atoms with Gasteiger partial charge in [-0.2, -0.15) is 0 Å². The Hall–Kier alpha value is -3.62. The third-order valence-corrected chi connectivity index (χ3v) is 3.41. The van der Waals surface area contributed by atoms with E-state index in [-0.39, 0.29) is 11.8 Å². The van der Waals surface area contributed by atoms with Crippen molar-refractivity contribution >= 4 is 23.8 Å². The van der Waals surface area contributed by atoms with Crippen LogP contribution >= 0.6 is 0 Å². The second kappa shape index (κ2) is 9.91. The van der Waals surface area contributed by atoms with E-state index in [2.05, 4.69) is 10.6 Å². The van der Waals surface area contributed by atoms with Crippen LogP contribution in [0.25, 0.3) is 0 Å². The number of ether oxygens (including phenoxy) is 1. The molecule has 148 valence electrons. The Labute approximate surface area is 161 Å². The van der Waals surface area contributed by atoms with Gasteiger partial charge in [-0.25, -0.2) is 9.59 Å². The summed E-state index contributed by atoms with van der Waals surface area (Å²) in [5.74, 6) is -2.24. The average Bonchev–Trinajstić information content (AvgIpc) is 3.19. The van der Waals surface area contributed by atoms with E-state index >= 15 is 0 Å². The highest BCUT2D eigenvalue weighted by Gasteiger charge is 2.26. The van der Waals surface area contributed by atoms with Gasteiger partial charge in [-0.05, 0) is 31.5 Å². The molecule has 28 heavy (non-hydrogen) atoms. The van der Waals surface area contributed by atoms with Gasteiger partial charge < -0.3 is 19.8 Å². The largest absolute Gasteiger partial charge is 0.459 e. The lowest BCUT2D eigenvalue weighted by Crippen LogP contribution is -2.44. The van der Waals surface area contributed by atoms with Crippen LogP contribution < -0.4 is 16.0 Å². The van der Waals surface area contributed by atoms with Crippen molar-refractivity contribution in [3.63, 3.8) is 0 Å². The van der Waals surface area contributed by atoms with Crippen LogP contribution in [0.5, 0.6) is 0 Å². The predicted octanol–water partition coefficient (Wildman–Crippen LogP) is 1.53. The van der Waals surface area contributed by atoms with Crippen molar-refractivity contribution in [3.05, 3.63) is 60.1 Å². The average molecular weight is 387 g/mol. The summed E-state index contributed by atoms with van der Waals surface area (Å²) in [6, 6.07) is 9.37. The van der Waals surface area contributed by atoms with Crippen molar-refractivity contribution < 1.29 is 28.3 Å². The zero-order valence-electron chi connectivity index (χ0n) is 15.4. The Morgan fingerprint density at radius 3 is 2.32 bits per heavy atom. The van der Waals surface area contributed by atoms with Gasteiger partial charge in [-0.15, -0.1) is 0 Å². The van der Waals surface area contributed by atoms with Crippen LogP contribution in [0, 0.1) is 0 Å². The molecule has 0 aliphatic heterocycles. The minimum atomic E-state index is -1.16. The van der Waals surface area contributed by atoms with Crippen LogP contribution in [-0.4, -0.2) is 36.5 Å². The summed E-state index contributed by atoms with van der Waals surface area (Å²) in [7, 11) is 0. The Kier molecular flexibility index (Phi) is 7.32. The van der Waals surface area contributed by atoms with Crippen molar-refractivity contribution in [1.82, 2.24) is 16.0 Å². The van der Waals surface area contributed by atoms with Crippen molar-refractivity contribution in [3.8, 4) is 0 Å². The smallest absolute Gasteiger partial charge is 0.333 e. The molecule has 0 saturated carbocycles. The van der Waals surface area contributed by atoms with E-state index in [1.54, 1.807) is 44.2 Å². The number of hydrogen-bond donors (Lipinski definition) is 3. The number of carbonyl (C=O) groups is 4. The number of imide groups is 1. The summed E-state index contributed by atoms with van der Waals surface area (Å²) < 4.78 is 9.98. The van der Waals surface area contributed by atoms with Crippen LogP contribution in [0.4, 0.5) is 4.79 Å². The van der Waals surface area contributed by atoms with Gasteiger partial charge in [-0.1, -0.05) is 30.3 Å². The molecule has 3 N–H and O–H groups in total. The molecule has 0 aliphatic rings. The van der Waals surface area contributed by atoms with Gasteiger partial charge in [-0.3, -0.25) is 14.9 Å². The number of amides is 4. The van der Waals surface area contributed by atoms with E-state index in [9.17, 15) is 19.2 Å². The highest BCUT2D eigenvalue weighted by molar-refractivity contribution is 5.97. The summed E-state index contributed by atoms with van der Waals surface area (Å²) in [5.41, 5.74) is 0.463. The number of carbonyl (C=O) groups excluding carboxylic acids is 4. The van der Waals surface area contributed by atoms with Gasteiger partial charge in [0.05, 0.1) is 6.26 Å². The zero-order valence-corrected chi connectivity index (χ0v) is 15.4. The van der Waals surface area contributed by atoms with Crippen LogP contribution in [0.2, 0.25) is 0 Å². The normalized spacial score (nSPS) is 11.4. The third-order valence-electron chi connectivity index (χ3n) is 3.41. The van der Waals surface area contributed by atoms with E-state index in [1.807, 2.05) is 5.32 Å². The molecule has 1 aromatic heterocycles. The highest BCUT2D eigenvalue weighted by atomic mass is 16.5. The second-order valence-corrected chi connectivity index (χ2v) is 6.08. The molecule has 0 saturated heterocycles. The Bertz CT molecular complexity index is 817. The molecule has 1 heterocycles. The molecule has 1 aromatic carbocycles. The zero-order chi connectivity index (χ0) is 20.5. The molecule has 0 fully saturated rings. The van der Waals surface area contributed by atoms with E-state index in [4.69, 9.17) is 9.15 Å². The van der Waals surface area contributed by atoms with Crippen molar-refractivity contribution in [2.24, 2.45) is 0 Å². The number of nitrogens with one attached hydrogen (secondary N) is 3. The van der Waals surface area contributed by atoms with E-state index in [0.717, 1.165) is 0 Å². The first-order valence-electron chi connectivity index (χ1n) is 8.53. The predicted molar refractivity (Wildman–Crippen MR) is 98.1 cm³/mol. The lowest BCUT2D eigenvalue weighted by molar-refractivity contribution is -0.150. The minimum Gasteiger partial charge on any atom is -0.459 e. The first-order chi connectivity index (χ1) is 13.4. The molecule has 1 unspecified atom stereocenters. The quantitative estimate of drug-likeness (QED) is 0.619. The molecule has 2 rings (SSSR count). The summed E-state index contributed by atoms with van der Waals surface area (Å²) in [4.78, 5) is 47.9. The molecule has 0 spiro atoms. The maximum atomic E-state index is 12.5. The number of esters is 1. The number of furan rings is 1. The number of benzene rings is 1. The summed E-state index contributed by atoms with van der Waals surface area (Å²) in [5, 5.41) is 7.02. The summed E-state index contributed by atoms with van der Waals surface area (Å²) in [6.45, 7) is 2.79. The first-order valence-corrected chi connectivity index (χ1v) is 8.53. The minimum absolute atomic E-state index is 0.0248. The Morgan fingerprint density at radius 2 is 1.71 bits per heavy atom. The molecule has 4 amide bonds. The highest BCUT2D eigenvalue weighted by Crippen LogP contribution is 2.15. The molecule has 2 aromatic rings. The molecule has 0 radical (unpaired) electrons. The van der Waals surface area contributed by atoms with Crippen molar-refractivity contribution in [2.45, 2.75) is 25.9 Å². The third kappa shape index (κ3) is 6.27. The first kappa shape index (κ1) is 20.7. The number of urea groups is 1. The fourth-order valence-corrected chi connectivity index (χ4v) is 2.21. The summed E-state index contributed by atoms with van der Waals surface area (Å²) >= 11 is 0.